The molecule has 21 heavy (non-hydrogen) atoms. The van der Waals surface area contributed by atoms with Crippen molar-refractivity contribution >= 4 is 21.6 Å². The van der Waals surface area contributed by atoms with Gasteiger partial charge in [0.05, 0.1) is 6.61 Å². The zero-order valence-corrected chi connectivity index (χ0v) is 14.9. The minimum Gasteiger partial charge on any atom is -0.383 e. The van der Waals surface area contributed by atoms with Crippen molar-refractivity contribution in [2.75, 3.05) is 38.3 Å². The van der Waals surface area contributed by atoms with E-state index in [2.05, 4.69) is 58.2 Å². The van der Waals surface area contributed by atoms with Crippen LogP contribution in [-0.4, -0.2) is 33.4 Å². The van der Waals surface area contributed by atoms with E-state index in [1.165, 1.54) is 30.8 Å². The number of rotatable bonds is 7. The number of benzene rings is 1. The minimum absolute atomic E-state index is 0.752. The van der Waals surface area contributed by atoms with Gasteiger partial charge >= 0.3 is 0 Å². The fourth-order valence-corrected chi connectivity index (χ4v) is 3.36. The van der Waals surface area contributed by atoms with Crippen LogP contribution in [0.25, 0.3) is 0 Å². The fourth-order valence-electron chi connectivity index (χ4n) is 2.95. The number of methoxy groups -OCH3 is 1. The average Bonchev–Trinajstić information content (AvgIpc) is 2.93. The van der Waals surface area contributed by atoms with E-state index in [0.29, 0.717) is 0 Å². The maximum absolute atomic E-state index is 5.09. The fraction of sp³-hybridized carbons (Fsp3) is 0.647. The molecule has 1 fully saturated rings. The molecule has 0 saturated carbocycles. The van der Waals surface area contributed by atoms with Crippen LogP contribution < -0.4 is 10.2 Å². The van der Waals surface area contributed by atoms with Crippen LogP contribution in [0.1, 0.15) is 25.8 Å². The molecule has 1 aliphatic heterocycles. The van der Waals surface area contributed by atoms with Crippen LogP contribution in [0, 0.1) is 11.8 Å². The Labute approximate surface area is 137 Å². The van der Waals surface area contributed by atoms with Gasteiger partial charge < -0.3 is 15.0 Å². The molecule has 118 valence electrons. The van der Waals surface area contributed by atoms with E-state index in [-0.39, 0.29) is 0 Å². The Kier molecular flexibility index (Phi) is 6.52. The molecule has 1 aromatic carbocycles. The summed E-state index contributed by atoms with van der Waals surface area (Å²) >= 11 is 3.59. The standard InChI is InChI=1S/C17H27BrN2O/c1-13(2)14-6-8-20(12-14)17-5-4-16(18)10-15(17)11-19-7-9-21-3/h4-5,10,13-14,19H,6-9,11-12H2,1-3H3. The molecule has 0 spiro atoms. The van der Waals surface area contributed by atoms with Gasteiger partial charge in [-0.15, -0.1) is 0 Å². The van der Waals surface area contributed by atoms with Crippen molar-refractivity contribution in [2.24, 2.45) is 11.8 Å². The quantitative estimate of drug-likeness (QED) is 0.756. The van der Waals surface area contributed by atoms with Gasteiger partial charge in [-0.25, -0.2) is 0 Å². The molecule has 1 N–H and O–H groups in total. The van der Waals surface area contributed by atoms with Crippen LogP contribution in [0.4, 0.5) is 5.69 Å². The first-order valence-electron chi connectivity index (χ1n) is 7.85. The van der Waals surface area contributed by atoms with E-state index in [1.54, 1.807) is 7.11 Å². The van der Waals surface area contributed by atoms with E-state index in [1.807, 2.05) is 0 Å². The summed E-state index contributed by atoms with van der Waals surface area (Å²) in [5.74, 6) is 1.59. The molecule has 1 unspecified atom stereocenters. The molecule has 0 aromatic heterocycles. The van der Waals surface area contributed by atoms with E-state index in [4.69, 9.17) is 4.74 Å². The van der Waals surface area contributed by atoms with Crippen LogP contribution >= 0.6 is 15.9 Å². The van der Waals surface area contributed by atoms with E-state index < -0.39 is 0 Å². The molecule has 1 atom stereocenters. The highest BCUT2D eigenvalue weighted by Gasteiger charge is 2.26. The van der Waals surface area contributed by atoms with Crippen molar-refractivity contribution in [1.29, 1.82) is 0 Å². The Balaban J connectivity index is 2.04. The predicted molar refractivity (Wildman–Crippen MR) is 92.9 cm³/mol. The number of anilines is 1. The van der Waals surface area contributed by atoms with Crippen LogP contribution in [0.5, 0.6) is 0 Å². The molecule has 1 saturated heterocycles. The third-order valence-electron chi connectivity index (χ3n) is 4.35. The topological polar surface area (TPSA) is 24.5 Å². The van der Waals surface area contributed by atoms with Crippen LogP contribution in [0.3, 0.4) is 0 Å². The van der Waals surface area contributed by atoms with E-state index in [0.717, 1.165) is 36.0 Å². The Morgan fingerprint density at radius 2 is 2.24 bits per heavy atom. The molecule has 0 bridgehead atoms. The van der Waals surface area contributed by atoms with Crippen LogP contribution in [0.2, 0.25) is 0 Å². The number of nitrogens with zero attached hydrogens (tertiary/aromatic N) is 1. The van der Waals surface area contributed by atoms with Gasteiger partial charge in [0, 0.05) is 43.4 Å². The molecule has 1 aliphatic rings. The normalized spacial score (nSPS) is 18.7. The Hall–Kier alpha value is -0.580. The molecule has 0 radical (unpaired) electrons. The van der Waals surface area contributed by atoms with Crippen molar-refractivity contribution in [3.8, 4) is 0 Å². The lowest BCUT2D eigenvalue weighted by atomic mass is 9.95. The maximum Gasteiger partial charge on any atom is 0.0587 e. The maximum atomic E-state index is 5.09. The summed E-state index contributed by atoms with van der Waals surface area (Å²) in [6.45, 7) is 9.56. The van der Waals surface area contributed by atoms with Gasteiger partial charge in [-0.3, -0.25) is 0 Å². The lowest BCUT2D eigenvalue weighted by Crippen LogP contribution is -2.25. The number of hydrogen-bond donors (Lipinski definition) is 1. The van der Waals surface area contributed by atoms with Crippen LogP contribution in [-0.2, 0) is 11.3 Å². The minimum atomic E-state index is 0.752. The number of nitrogens with one attached hydrogen (secondary N) is 1. The SMILES string of the molecule is COCCNCc1cc(Br)ccc1N1CCC(C(C)C)C1. The predicted octanol–water partition coefficient (Wildman–Crippen LogP) is 3.67. The zero-order chi connectivity index (χ0) is 15.2. The summed E-state index contributed by atoms with van der Waals surface area (Å²) in [6.07, 6.45) is 1.31. The molecule has 3 nitrogen and oxygen atoms in total. The molecule has 2 rings (SSSR count). The zero-order valence-electron chi connectivity index (χ0n) is 13.4. The molecule has 1 aromatic rings. The second-order valence-corrected chi connectivity index (χ2v) is 7.10. The highest BCUT2D eigenvalue weighted by molar-refractivity contribution is 9.10. The first-order chi connectivity index (χ1) is 10.1. The average molecular weight is 355 g/mol. The highest BCUT2D eigenvalue weighted by atomic mass is 79.9. The Morgan fingerprint density at radius 1 is 1.43 bits per heavy atom. The van der Waals surface area contributed by atoms with Crippen molar-refractivity contribution < 1.29 is 4.74 Å². The van der Waals surface area contributed by atoms with Crippen molar-refractivity contribution in [1.82, 2.24) is 5.32 Å². The lowest BCUT2D eigenvalue weighted by Gasteiger charge is -2.23. The third kappa shape index (κ3) is 4.70. The third-order valence-corrected chi connectivity index (χ3v) is 4.84. The van der Waals surface area contributed by atoms with Gasteiger partial charge in [-0.2, -0.15) is 0 Å². The van der Waals surface area contributed by atoms with Crippen LogP contribution in [0.15, 0.2) is 22.7 Å². The van der Waals surface area contributed by atoms with Gasteiger partial charge in [0.25, 0.3) is 0 Å². The van der Waals surface area contributed by atoms with Crippen molar-refractivity contribution in [3.05, 3.63) is 28.2 Å². The number of halogens is 1. The molecule has 4 heteroatoms. The highest BCUT2D eigenvalue weighted by Crippen LogP contribution is 2.31. The molecule has 1 heterocycles. The van der Waals surface area contributed by atoms with Gasteiger partial charge in [0.1, 0.15) is 0 Å². The second-order valence-electron chi connectivity index (χ2n) is 6.18. The van der Waals surface area contributed by atoms with Gasteiger partial charge in [0.15, 0.2) is 0 Å². The van der Waals surface area contributed by atoms with E-state index >= 15 is 0 Å². The Morgan fingerprint density at radius 3 is 2.90 bits per heavy atom. The summed E-state index contributed by atoms with van der Waals surface area (Å²) in [5.41, 5.74) is 2.75. The van der Waals surface area contributed by atoms with Gasteiger partial charge in [0.2, 0.25) is 0 Å². The number of ether oxygens (including phenoxy) is 1. The Bertz CT molecular complexity index is 450. The summed E-state index contributed by atoms with van der Waals surface area (Å²) in [6, 6.07) is 6.63. The smallest absolute Gasteiger partial charge is 0.0587 e. The van der Waals surface area contributed by atoms with Gasteiger partial charge in [-0.05, 0) is 42.0 Å². The first-order valence-corrected chi connectivity index (χ1v) is 8.64. The first kappa shape index (κ1) is 16.8. The molecule has 0 aliphatic carbocycles. The van der Waals surface area contributed by atoms with E-state index in [9.17, 15) is 0 Å². The summed E-state index contributed by atoms with van der Waals surface area (Å²) in [4.78, 5) is 2.55. The summed E-state index contributed by atoms with van der Waals surface area (Å²) in [5, 5.41) is 3.46. The summed E-state index contributed by atoms with van der Waals surface area (Å²) < 4.78 is 6.24. The largest absolute Gasteiger partial charge is 0.383 e. The summed E-state index contributed by atoms with van der Waals surface area (Å²) in [7, 11) is 1.74. The van der Waals surface area contributed by atoms with Crippen molar-refractivity contribution in [3.63, 3.8) is 0 Å². The monoisotopic (exact) mass is 354 g/mol. The lowest BCUT2D eigenvalue weighted by molar-refractivity contribution is 0.199. The number of hydrogen-bond acceptors (Lipinski definition) is 3. The molecular weight excluding hydrogens is 328 g/mol. The second kappa shape index (κ2) is 8.16. The van der Waals surface area contributed by atoms with Gasteiger partial charge in [-0.1, -0.05) is 29.8 Å². The van der Waals surface area contributed by atoms with Crippen molar-refractivity contribution in [2.45, 2.75) is 26.8 Å². The molecule has 0 amide bonds. The molecular formula is C17H27BrN2O.